The number of hydrogen-bond acceptors (Lipinski definition) is 16. The monoisotopic (exact) mass is 1010 g/mol. The van der Waals surface area contributed by atoms with Crippen LogP contribution < -0.4 is 20.3 Å². The molecule has 25 heteroatoms. The molecule has 1 aliphatic heterocycles. The van der Waals surface area contributed by atoms with E-state index < -0.39 is 71.1 Å². The Labute approximate surface area is 407 Å². The van der Waals surface area contributed by atoms with Crippen LogP contribution in [0.2, 0.25) is 0 Å². The molecule has 2 unspecified atom stereocenters. The highest BCUT2D eigenvalue weighted by atomic mass is 31.2. The first-order chi connectivity index (χ1) is 34.4. The van der Waals surface area contributed by atoms with Gasteiger partial charge in [-0.05, 0) is 41.0 Å². The van der Waals surface area contributed by atoms with Crippen molar-refractivity contribution in [3.63, 3.8) is 0 Å². The fourth-order valence-electron chi connectivity index (χ4n) is 7.83. The molecule has 370 valence electrons. The molecule has 0 bridgehead atoms. The first-order valence-electron chi connectivity index (χ1n) is 22.0. The van der Waals surface area contributed by atoms with E-state index in [1.54, 1.807) is 34.3 Å². The van der Waals surface area contributed by atoms with E-state index in [9.17, 15) is 19.0 Å². The topological polar surface area (TPSA) is 252 Å². The lowest BCUT2D eigenvalue weighted by Crippen LogP contribution is -2.33. The number of aromatic nitrogens is 8. The Kier molecular flexibility index (Phi) is 16.4. The number of amides is 1. The summed E-state index contributed by atoms with van der Waals surface area (Å²) in [6.45, 7) is 9.96. The molecule has 7 aromatic rings. The largest absolute Gasteiger partial charge is 0.695 e. The van der Waals surface area contributed by atoms with Gasteiger partial charge in [-0.2, -0.15) is 4.98 Å². The molecule has 5 heterocycles. The second-order valence-corrected chi connectivity index (χ2v) is 17.9. The number of alkyl halides is 1. The van der Waals surface area contributed by atoms with Crippen molar-refractivity contribution in [2.75, 3.05) is 45.9 Å². The molecule has 0 radical (unpaired) electrons. The minimum Gasteiger partial charge on any atom is -0.497 e. The number of rotatable bonds is 23. The van der Waals surface area contributed by atoms with Gasteiger partial charge in [-0.25, -0.2) is 30.9 Å². The van der Waals surface area contributed by atoms with Gasteiger partial charge in [-0.3, -0.25) is 24.5 Å². The molecule has 71 heavy (non-hydrogen) atoms. The molecule has 22 nitrogen and oxygen atoms in total. The number of hydrogen-bond donors (Lipinski definition) is 3. The molecule has 3 N–H and O–H groups in total. The first kappa shape index (κ1) is 50.7. The van der Waals surface area contributed by atoms with Gasteiger partial charge in [-0.1, -0.05) is 68.4 Å². The van der Waals surface area contributed by atoms with Gasteiger partial charge < -0.3 is 41.9 Å². The minimum absolute atomic E-state index is 0.0334. The number of aromatic amines is 1. The van der Waals surface area contributed by atoms with Crippen LogP contribution in [0.3, 0.4) is 0 Å². The summed E-state index contributed by atoms with van der Waals surface area (Å²) in [5.41, 5.74) is 1.22. The zero-order valence-electron chi connectivity index (χ0n) is 38.7. The highest BCUT2D eigenvalue weighted by molar-refractivity contribution is 7.41. The van der Waals surface area contributed by atoms with Crippen LogP contribution in [0.1, 0.15) is 42.6 Å². The number of carbonyl (C=O) groups is 1. The highest BCUT2D eigenvalue weighted by Crippen LogP contribution is 2.45. The summed E-state index contributed by atoms with van der Waals surface area (Å²) in [6, 6.07) is 25.0. The molecule has 3 aromatic carbocycles. The summed E-state index contributed by atoms with van der Waals surface area (Å²) in [6.07, 6.45) is -2.61. The molecule has 0 saturated carbocycles. The molecule has 0 spiro atoms. The van der Waals surface area contributed by atoms with Crippen LogP contribution in [0.25, 0.3) is 27.2 Å². The van der Waals surface area contributed by atoms with Gasteiger partial charge in [0.05, 0.1) is 40.0 Å². The van der Waals surface area contributed by atoms with E-state index in [0.717, 1.165) is 27.6 Å². The normalized spacial score (nSPS) is 17.6. The van der Waals surface area contributed by atoms with Crippen LogP contribution in [-0.4, -0.2) is 109 Å². The van der Waals surface area contributed by atoms with Crippen LogP contribution in [-0.2, 0) is 55.7 Å². The maximum atomic E-state index is 16.3. The third kappa shape index (κ3) is 11.3. The van der Waals surface area contributed by atoms with Crippen molar-refractivity contribution < 1.29 is 55.7 Å². The van der Waals surface area contributed by atoms with Crippen LogP contribution in [0, 0.1) is 12.5 Å². The van der Waals surface area contributed by atoms with Crippen molar-refractivity contribution in [3.05, 3.63) is 142 Å². The van der Waals surface area contributed by atoms with Gasteiger partial charge in [0.2, 0.25) is 18.4 Å². The average molecular weight is 1010 g/mol. The first-order valence-corrected chi connectivity index (χ1v) is 24.2. The number of H-pyrrole nitrogens is 1. The van der Waals surface area contributed by atoms with Crippen molar-refractivity contribution in [1.82, 2.24) is 39.0 Å². The van der Waals surface area contributed by atoms with Crippen molar-refractivity contribution in [2.24, 2.45) is 5.92 Å². The standard InChI is InChI=1S/C46H47FN10O12P2/c1-28(2)42(58)54-45-53-41-38(43(59)55-45)51-27-57(41)44-39(69-70(60)61)37(47)35(68-44)24-67-71(65-21-19-48-3)66-22-20-56-36(52-34-23-49-26-50-40(34)56)25-64-46(29-9-7-6-8-10-29,30-11-15-32(62-4)16-12-30)31-13-17-33(63-5)18-14-31/h6-18,23,26-28,35,37,39,44H,19-22,24-25H2,1-2,4-5H3,(H2-,53,54,55,58,59,60,61)/p+1/t35-,37-,39-,44-,71?/m1/s1. The number of anilines is 1. The van der Waals surface area contributed by atoms with Gasteiger partial charge in [0.15, 0.2) is 35.3 Å². The zero-order chi connectivity index (χ0) is 50.1. The molecule has 1 fully saturated rings. The van der Waals surface area contributed by atoms with Crippen LogP contribution in [0.15, 0.2) is 103 Å². The van der Waals surface area contributed by atoms with E-state index >= 15 is 4.39 Å². The Morgan fingerprint density at radius 2 is 1.65 bits per heavy atom. The van der Waals surface area contributed by atoms with Gasteiger partial charge in [0, 0.05) is 17.0 Å². The van der Waals surface area contributed by atoms with E-state index in [-0.39, 0.29) is 50.0 Å². The molecular weight excluding hydrogens is 966 g/mol. The molecule has 0 aliphatic carbocycles. The highest BCUT2D eigenvalue weighted by Gasteiger charge is 2.52. The number of methoxy groups -OCH3 is 2. The summed E-state index contributed by atoms with van der Waals surface area (Å²) >= 11 is 0. The number of imidazole rings is 2. The third-order valence-corrected chi connectivity index (χ3v) is 12.9. The predicted octanol–water partition coefficient (Wildman–Crippen LogP) is 6.55. The van der Waals surface area contributed by atoms with Crippen molar-refractivity contribution in [1.29, 1.82) is 0 Å². The molecule has 8 rings (SSSR count). The smallest absolute Gasteiger partial charge is 0.497 e. The molecule has 6 atom stereocenters. The number of ether oxygens (including phenoxy) is 4. The Morgan fingerprint density at radius 1 is 0.972 bits per heavy atom. The van der Waals surface area contributed by atoms with Crippen molar-refractivity contribution in [3.8, 4) is 11.5 Å². The fraction of sp³-hybridized carbons (Fsp3) is 0.348. The van der Waals surface area contributed by atoms with E-state index in [1.165, 1.54) is 6.33 Å². The van der Waals surface area contributed by atoms with E-state index in [4.69, 9.17) is 48.6 Å². The maximum absolute atomic E-state index is 16.3. The third-order valence-electron chi connectivity index (χ3n) is 11.3. The molecule has 1 aliphatic rings. The number of halogens is 1. The summed E-state index contributed by atoms with van der Waals surface area (Å²) in [4.78, 5) is 62.8. The average Bonchev–Trinajstić information content (AvgIpc) is 4.06. The second-order valence-electron chi connectivity index (χ2n) is 16.0. The minimum atomic E-state index is -3.36. The van der Waals surface area contributed by atoms with Crippen LogP contribution in [0.4, 0.5) is 10.3 Å². The molecule has 4 aromatic heterocycles. The number of carbonyl (C=O) groups excluding carboxylic acids is 1. The van der Waals surface area contributed by atoms with E-state index in [0.29, 0.717) is 28.5 Å². The van der Waals surface area contributed by atoms with Crippen LogP contribution >= 0.6 is 16.9 Å². The molecule has 1 amide bonds. The van der Waals surface area contributed by atoms with Crippen molar-refractivity contribution >= 4 is 51.0 Å². The number of nitrogens with one attached hydrogen (secondary N) is 2. The fourth-order valence-corrected chi connectivity index (χ4v) is 9.22. The molecular formula is C46H48FN10O12P2+. The predicted molar refractivity (Wildman–Crippen MR) is 254 cm³/mol. The summed E-state index contributed by atoms with van der Waals surface area (Å²) in [5.74, 6) is 0.708. The van der Waals surface area contributed by atoms with Gasteiger partial charge >= 0.3 is 16.9 Å². The summed E-state index contributed by atoms with van der Waals surface area (Å²) in [7, 11) is -2.44. The quantitative estimate of drug-likeness (QED) is 0.0266. The lowest BCUT2D eigenvalue weighted by Gasteiger charge is -2.36. The lowest BCUT2D eigenvalue weighted by molar-refractivity contribution is -0.118. The van der Waals surface area contributed by atoms with Crippen molar-refractivity contribution in [2.45, 2.75) is 57.2 Å². The van der Waals surface area contributed by atoms with Gasteiger partial charge in [0.25, 0.3) is 5.56 Å². The number of nitrogens with zero attached hydrogens (tertiary/aromatic N) is 8. The summed E-state index contributed by atoms with van der Waals surface area (Å²) in [5, 5.41) is 2.50. The Morgan fingerprint density at radius 3 is 2.30 bits per heavy atom. The van der Waals surface area contributed by atoms with E-state index in [1.807, 2.05) is 83.4 Å². The zero-order valence-corrected chi connectivity index (χ0v) is 40.4. The SMILES string of the molecule is [C-]#[N+]CCOP(OCCn1c(COC(c2ccccc2)(c2ccc(OC)cc2)c2ccc(OC)cc2)nc2cncnc21)OC[C@H]1O[C@@H](n2cnc3c(=O)[nH]c(NC(=O)C(C)C)nc32)[C@H](O[P+](=O)O)[C@@H]1F. The molecule has 1 saturated heterocycles. The Balaban J connectivity index is 1.03. The maximum Gasteiger partial charge on any atom is 0.695 e. The van der Waals surface area contributed by atoms with E-state index in [2.05, 4.69) is 35.1 Å². The van der Waals surface area contributed by atoms with Gasteiger partial charge in [0.1, 0.15) is 54.1 Å². The van der Waals surface area contributed by atoms with Crippen LogP contribution in [0.5, 0.6) is 11.5 Å². The summed E-state index contributed by atoms with van der Waals surface area (Å²) < 4.78 is 78.5. The van der Waals surface area contributed by atoms with Gasteiger partial charge in [-0.15, -0.1) is 9.42 Å². The second kappa shape index (κ2) is 23.0. The lowest BCUT2D eigenvalue weighted by atomic mass is 9.80. The Hall–Kier alpha value is -6.70. The Bertz CT molecular complexity index is 3000. The number of fused-ring (bicyclic) bond motifs is 2. The number of benzene rings is 3.